The van der Waals surface area contributed by atoms with Crippen LogP contribution in [0.2, 0.25) is 5.02 Å². The number of aromatic carboxylic acids is 1. The number of allylic oxidation sites excluding steroid dienone is 1. The van der Waals surface area contributed by atoms with Crippen molar-refractivity contribution >= 4 is 36.3 Å². The van der Waals surface area contributed by atoms with Crippen LogP contribution in [0.4, 0.5) is 0 Å². The van der Waals surface area contributed by atoms with Crippen LogP contribution < -0.4 is 0 Å². The third-order valence-corrected chi connectivity index (χ3v) is 2.41. The lowest BCUT2D eigenvalue weighted by atomic mass is 10.1. The molecule has 15 heavy (non-hydrogen) atoms. The SMILES string of the molecule is O=C(O)c1cc(C=CCCS)ccc1Cl. The van der Waals surface area contributed by atoms with E-state index in [4.69, 9.17) is 16.7 Å². The Morgan fingerprint density at radius 3 is 2.87 bits per heavy atom. The lowest BCUT2D eigenvalue weighted by Gasteiger charge is -2.00. The van der Waals surface area contributed by atoms with Crippen molar-refractivity contribution in [1.29, 1.82) is 0 Å². The molecule has 0 bridgehead atoms. The Kier molecular flexibility index (Phi) is 4.72. The molecule has 0 heterocycles. The normalized spacial score (nSPS) is 10.8. The molecular weight excluding hydrogens is 232 g/mol. The van der Waals surface area contributed by atoms with Gasteiger partial charge in [0.1, 0.15) is 0 Å². The molecule has 0 saturated carbocycles. The van der Waals surface area contributed by atoms with Crippen molar-refractivity contribution in [3.8, 4) is 0 Å². The van der Waals surface area contributed by atoms with Crippen LogP contribution >= 0.6 is 24.2 Å². The molecule has 0 fully saturated rings. The highest BCUT2D eigenvalue weighted by Crippen LogP contribution is 2.18. The molecule has 0 aliphatic carbocycles. The van der Waals surface area contributed by atoms with Crippen molar-refractivity contribution in [1.82, 2.24) is 0 Å². The summed E-state index contributed by atoms with van der Waals surface area (Å²) in [5.74, 6) is -0.236. The third-order valence-electron chi connectivity index (χ3n) is 1.83. The second-order valence-electron chi connectivity index (χ2n) is 2.96. The van der Waals surface area contributed by atoms with Gasteiger partial charge in [0.2, 0.25) is 0 Å². The van der Waals surface area contributed by atoms with Crippen molar-refractivity contribution < 1.29 is 9.90 Å². The van der Waals surface area contributed by atoms with E-state index in [-0.39, 0.29) is 10.6 Å². The smallest absolute Gasteiger partial charge is 0.337 e. The van der Waals surface area contributed by atoms with Crippen molar-refractivity contribution in [2.45, 2.75) is 6.42 Å². The Hall–Kier alpha value is -0.930. The maximum atomic E-state index is 10.8. The summed E-state index contributed by atoms with van der Waals surface area (Å²) >= 11 is 9.81. The molecular formula is C11H11ClO2S. The largest absolute Gasteiger partial charge is 0.478 e. The third kappa shape index (κ3) is 3.61. The van der Waals surface area contributed by atoms with E-state index < -0.39 is 5.97 Å². The van der Waals surface area contributed by atoms with Crippen molar-refractivity contribution in [3.63, 3.8) is 0 Å². The average Bonchev–Trinajstić information content (AvgIpc) is 2.20. The molecule has 0 unspecified atom stereocenters. The minimum absolute atomic E-state index is 0.129. The Balaban J connectivity index is 2.92. The molecule has 1 aromatic carbocycles. The summed E-state index contributed by atoms with van der Waals surface area (Å²) in [7, 11) is 0. The van der Waals surface area contributed by atoms with Crippen LogP contribution in [-0.2, 0) is 0 Å². The van der Waals surface area contributed by atoms with Crippen LogP contribution in [0, 0.1) is 0 Å². The summed E-state index contributed by atoms with van der Waals surface area (Å²) in [6.07, 6.45) is 4.66. The van der Waals surface area contributed by atoms with E-state index >= 15 is 0 Å². The predicted molar refractivity (Wildman–Crippen MR) is 65.9 cm³/mol. The standard InChI is InChI=1S/C11H11ClO2S/c12-10-5-4-8(3-1-2-6-15)7-9(10)11(13)14/h1,3-5,7,15H,2,6H2,(H,13,14). The van der Waals surface area contributed by atoms with E-state index in [9.17, 15) is 4.79 Å². The van der Waals surface area contributed by atoms with Gasteiger partial charge in [0.05, 0.1) is 10.6 Å². The van der Waals surface area contributed by atoms with Gasteiger partial charge in [0, 0.05) is 0 Å². The zero-order chi connectivity index (χ0) is 11.3. The molecule has 0 radical (unpaired) electrons. The van der Waals surface area contributed by atoms with Crippen LogP contribution in [0.25, 0.3) is 6.08 Å². The maximum absolute atomic E-state index is 10.8. The molecule has 1 N–H and O–H groups in total. The van der Waals surface area contributed by atoms with E-state index in [1.54, 1.807) is 18.2 Å². The van der Waals surface area contributed by atoms with Gasteiger partial charge in [-0.25, -0.2) is 4.79 Å². The molecule has 0 saturated heterocycles. The molecule has 1 aromatic rings. The first-order valence-corrected chi connectivity index (χ1v) is 5.46. The molecule has 0 aliphatic heterocycles. The van der Waals surface area contributed by atoms with E-state index in [2.05, 4.69) is 12.6 Å². The zero-order valence-corrected chi connectivity index (χ0v) is 9.63. The lowest BCUT2D eigenvalue weighted by Crippen LogP contribution is -1.97. The number of thiol groups is 1. The number of rotatable bonds is 4. The van der Waals surface area contributed by atoms with E-state index in [0.717, 1.165) is 17.7 Å². The van der Waals surface area contributed by atoms with Crippen molar-refractivity contribution in [2.75, 3.05) is 5.75 Å². The molecule has 0 atom stereocenters. The summed E-state index contributed by atoms with van der Waals surface area (Å²) in [5.41, 5.74) is 0.961. The number of halogens is 1. The second-order valence-corrected chi connectivity index (χ2v) is 3.81. The van der Waals surface area contributed by atoms with Crippen molar-refractivity contribution in [3.05, 3.63) is 40.4 Å². The highest BCUT2D eigenvalue weighted by Gasteiger charge is 2.07. The van der Waals surface area contributed by atoms with Gasteiger partial charge in [0.25, 0.3) is 0 Å². The van der Waals surface area contributed by atoms with Crippen LogP contribution in [0.3, 0.4) is 0 Å². The van der Waals surface area contributed by atoms with Crippen molar-refractivity contribution in [2.24, 2.45) is 0 Å². The zero-order valence-electron chi connectivity index (χ0n) is 7.98. The van der Waals surface area contributed by atoms with Gasteiger partial charge in [-0.05, 0) is 29.9 Å². The number of hydrogen-bond acceptors (Lipinski definition) is 2. The molecule has 0 aliphatic rings. The lowest BCUT2D eigenvalue weighted by molar-refractivity contribution is 0.0697. The Bertz CT molecular complexity index is 388. The Labute approximate surface area is 99.0 Å². The molecule has 2 nitrogen and oxygen atoms in total. The van der Waals surface area contributed by atoms with E-state index in [1.807, 2.05) is 12.2 Å². The quantitative estimate of drug-likeness (QED) is 0.795. The van der Waals surface area contributed by atoms with Gasteiger partial charge in [-0.15, -0.1) is 0 Å². The van der Waals surface area contributed by atoms with Gasteiger partial charge >= 0.3 is 5.97 Å². The molecule has 80 valence electrons. The van der Waals surface area contributed by atoms with Gasteiger partial charge in [-0.1, -0.05) is 29.8 Å². The summed E-state index contributed by atoms with van der Waals surface area (Å²) in [6.45, 7) is 0. The number of carboxylic acids is 1. The topological polar surface area (TPSA) is 37.3 Å². The van der Waals surface area contributed by atoms with Crippen LogP contribution in [0.1, 0.15) is 22.3 Å². The highest BCUT2D eigenvalue weighted by atomic mass is 35.5. The number of carboxylic acid groups (broad SMARTS) is 1. The first kappa shape index (κ1) is 12.1. The van der Waals surface area contributed by atoms with Crippen LogP contribution in [-0.4, -0.2) is 16.8 Å². The minimum atomic E-state index is -1.01. The minimum Gasteiger partial charge on any atom is -0.478 e. The van der Waals surface area contributed by atoms with E-state index in [0.29, 0.717) is 0 Å². The summed E-state index contributed by atoms with van der Waals surface area (Å²) in [5, 5.41) is 9.10. The van der Waals surface area contributed by atoms with Crippen LogP contribution in [0.5, 0.6) is 0 Å². The average molecular weight is 243 g/mol. The van der Waals surface area contributed by atoms with Gasteiger partial charge < -0.3 is 5.11 Å². The summed E-state index contributed by atoms with van der Waals surface area (Å²) in [6, 6.07) is 4.93. The fourth-order valence-corrected chi connectivity index (χ4v) is 1.45. The van der Waals surface area contributed by atoms with Gasteiger partial charge in [0.15, 0.2) is 0 Å². The molecule has 0 spiro atoms. The first-order valence-electron chi connectivity index (χ1n) is 4.45. The van der Waals surface area contributed by atoms with Crippen LogP contribution in [0.15, 0.2) is 24.3 Å². The first-order chi connectivity index (χ1) is 7.15. The Morgan fingerprint density at radius 1 is 1.53 bits per heavy atom. The Morgan fingerprint density at radius 2 is 2.27 bits per heavy atom. The maximum Gasteiger partial charge on any atom is 0.337 e. The fourth-order valence-electron chi connectivity index (χ4n) is 1.10. The number of carbonyl (C=O) groups is 1. The molecule has 4 heteroatoms. The van der Waals surface area contributed by atoms with Gasteiger partial charge in [-0.2, -0.15) is 12.6 Å². The summed E-state index contributed by atoms with van der Waals surface area (Å²) in [4.78, 5) is 10.8. The molecule has 0 amide bonds. The number of benzene rings is 1. The predicted octanol–water partition coefficient (Wildman–Crippen LogP) is 3.37. The monoisotopic (exact) mass is 242 g/mol. The highest BCUT2D eigenvalue weighted by molar-refractivity contribution is 7.80. The van der Waals surface area contributed by atoms with Gasteiger partial charge in [-0.3, -0.25) is 0 Å². The molecule has 0 aromatic heterocycles. The fraction of sp³-hybridized carbons (Fsp3) is 0.182. The second kappa shape index (κ2) is 5.83. The number of hydrogen-bond donors (Lipinski definition) is 2. The summed E-state index contributed by atoms with van der Waals surface area (Å²) < 4.78 is 0. The van der Waals surface area contributed by atoms with E-state index in [1.165, 1.54) is 0 Å². The molecule has 1 rings (SSSR count).